The fourth-order valence-electron chi connectivity index (χ4n) is 3.53. The minimum absolute atomic E-state index is 0.0341. The fraction of sp³-hybridized carbons (Fsp3) is 0.273. The fourth-order valence-corrected chi connectivity index (χ4v) is 5.90. The number of halogens is 3. The SMILES string of the molecule is CC(C)Cn1c(=O)n(C)c(=O)c2c(Sc3ncc[nH]3)c(C(=O)c3ccccc3C(F)(F)F)sc21. The summed E-state index contributed by atoms with van der Waals surface area (Å²) in [6, 6.07) is 4.51. The lowest BCUT2D eigenvalue weighted by Gasteiger charge is -2.11. The summed E-state index contributed by atoms with van der Waals surface area (Å²) >= 11 is 1.81. The molecule has 0 aliphatic carbocycles. The molecule has 34 heavy (non-hydrogen) atoms. The first kappa shape index (κ1) is 24.0. The minimum Gasteiger partial charge on any atom is -0.339 e. The highest BCUT2D eigenvalue weighted by molar-refractivity contribution is 7.99. The smallest absolute Gasteiger partial charge is 0.339 e. The van der Waals surface area contributed by atoms with Crippen LogP contribution in [0.4, 0.5) is 13.2 Å². The second-order valence-corrected chi connectivity index (χ2v) is 9.96. The summed E-state index contributed by atoms with van der Waals surface area (Å²) in [5.74, 6) is -0.847. The summed E-state index contributed by atoms with van der Waals surface area (Å²) in [6.07, 6.45) is -1.72. The normalized spacial score (nSPS) is 12.1. The summed E-state index contributed by atoms with van der Waals surface area (Å²) in [4.78, 5) is 46.9. The van der Waals surface area contributed by atoms with Crippen molar-refractivity contribution in [2.45, 2.75) is 36.6 Å². The highest BCUT2D eigenvalue weighted by Crippen LogP contribution is 2.41. The van der Waals surface area contributed by atoms with Gasteiger partial charge in [0.05, 0.1) is 20.7 Å². The third-order valence-electron chi connectivity index (χ3n) is 5.03. The molecule has 0 spiro atoms. The van der Waals surface area contributed by atoms with Crippen LogP contribution in [0.5, 0.6) is 0 Å². The molecule has 12 heteroatoms. The third kappa shape index (κ3) is 4.23. The number of aromatic nitrogens is 4. The van der Waals surface area contributed by atoms with Gasteiger partial charge < -0.3 is 4.98 Å². The van der Waals surface area contributed by atoms with Crippen molar-refractivity contribution >= 4 is 39.1 Å². The highest BCUT2D eigenvalue weighted by atomic mass is 32.2. The van der Waals surface area contributed by atoms with Gasteiger partial charge in [0.15, 0.2) is 5.16 Å². The second kappa shape index (κ2) is 8.91. The number of benzene rings is 1. The molecule has 3 aromatic heterocycles. The number of thiophene rings is 1. The molecule has 0 unspecified atom stereocenters. The Hall–Kier alpha value is -3.12. The number of nitrogens with one attached hydrogen (secondary N) is 1. The first-order valence-corrected chi connectivity index (χ1v) is 11.8. The molecule has 0 amide bonds. The van der Waals surface area contributed by atoms with E-state index in [0.717, 1.165) is 39.8 Å². The monoisotopic (exact) mass is 508 g/mol. The number of fused-ring (bicyclic) bond motifs is 1. The summed E-state index contributed by atoms with van der Waals surface area (Å²) in [7, 11) is 1.33. The summed E-state index contributed by atoms with van der Waals surface area (Å²) in [6.45, 7) is 4.05. The molecular weight excluding hydrogens is 489 g/mol. The van der Waals surface area contributed by atoms with Crippen molar-refractivity contribution in [3.05, 3.63) is 73.5 Å². The standard InChI is InChI=1S/C22H19F3N4O3S2/c1-11(2)10-29-19-14(18(31)28(3)21(29)32)16(34-20-26-8-9-27-20)17(33-19)15(30)12-6-4-5-7-13(12)22(23,24)25/h4-9,11H,10H2,1-3H3,(H,26,27). The summed E-state index contributed by atoms with van der Waals surface area (Å²) in [5, 5.41) is 0.448. The van der Waals surface area contributed by atoms with Crippen molar-refractivity contribution < 1.29 is 18.0 Å². The molecular formula is C22H19F3N4O3S2. The molecule has 0 aliphatic rings. The molecule has 0 radical (unpaired) electrons. The lowest BCUT2D eigenvalue weighted by molar-refractivity contribution is -0.137. The van der Waals surface area contributed by atoms with Crippen LogP contribution in [0, 0.1) is 5.92 Å². The van der Waals surface area contributed by atoms with Crippen molar-refractivity contribution in [2.75, 3.05) is 0 Å². The Morgan fingerprint density at radius 2 is 1.94 bits per heavy atom. The van der Waals surface area contributed by atoms with Crippen LogP contribution in [0.15, 0.2) is 56.3 Å². The van der Waals surface area contributed by atoms with E-state index in [1.807, 2.05) is 13.8 Å². The van der Waals surface area contributed by atoms with Gasteiger partial charge in [0.25, 0.3) is 5.56 Å². The molecule has 1 aromatic carbocycles. The number of rotatable bonds is 6. The number of hydrogen-bond donors (Lipinski definition) is 1. The van der Waals surface area contributed by atoms with Gasteiger partial charge in [-0.1, -0.05) is 32.0 Å². The Bertz CT molecular complexity index is 1500. The van der Waals surface area contributed by atoms with Crippen LogP contribution in [0.1, 0.15) is 34.6 Å². The predicted molar refractivity (Wildman–Crippen MR) is 124 cm³/mol. The van der Waals surface area contributed by atoms with E-state index in [0.29, 0.717) is 5.16 Å². The van der Waals surface area contributed by atoms with Crippen LogP contribution in [0.2, 0.25) is 0 Å². The Balaban J connectivity index is 2.06. The number of nitrogens with zero attached hydrogens (tertiary/aromatic N) is 3. The number of carbonyl (C=O) groups excluding carboxylic acids is 1. The van der Waals surface area contributed by atoms with Crippen molar-refractivity contribution in [1.82, 2.24) is 19.1 Å². The van der Waals surface area contributed by atoms with Crippen LogP contribution in [0.3, 0.4) is 0 Å². The van der Waals surface area contributed by atoms with Crippen molar-refractivity contribution in [1.29, 1.82) is 0 Å². The zero-order valence-electron chi connectivity index (χ0n) is 18.3. The van der Waals surface area contributed by atoms with Gasteiger partial charge in [0.1, 0.15) is 4.83 Å². The Morgan fingerprint density at radius 1 is 1.24 bits per heavy atom. The molecule has 0 atom stereocenters. The summed E-state index contributed by atoms with van der Waals surface area (Å²) < 4.78 is 43.3. The number of hydrogen-bond acceptors (Lipinski definition) is 6. The molecule has 4 aromatic rings. The predicted octanol–water partition coefficient (Wildman–Crippen LogP) is 4.54. The molecule has 0 aliphatic heterocycles. The maximum Gasteiger partial charge on any atom is 0.417 e. The van der Waals surface area contributed by atoms with E-state index < -0.39 is 34.3 Å². The largest absolute Gasteiger partial charge is 0.417 e. The van der Waals surface area contributed by atoms with Gasteiger partial charge in [0.2, 0.25) is 5.78 Å². The van der Waals surface area contributed by atoms with Gasteiger partial charge in [-0.15, -0.1) is 11.3 Å². The number of ketones is 1. The van der Waals surface area contributed by atoms with Crippen LogP contribution in [-0.2, 0) is 19.8 Å². The number of aromatic amines is 1. The van der Waals surface area contributed by atoms with E-state index in [-0.39, 0.29) is 32.5 Å². The van der Waals surface area contributed by atoms with Gasteiger partial charge >= 0.3 is 11.9 Å². The molecule has 178 valence electrons. The zero-order valence-corrected chi connectivity index (χ0v) is 19.9. The van der Waals surface area contributed by atoms with Gasteiger partial charge in [0, 0.05) is 31.5 Å². The molecule has 3 heterocycles. The number of H-pyrrole nitrogens is 1. The Labute approximate surface area is 199 Å². The minimum atomic E-state index is -4.74. The third-order valence-corrected chi connectivity index (χ3v) is 7.40. The Morgan fingerprint density at radius 3 is 2.56 bits per heavy atom. The zero-order chi connectivity index (χ0) is 24.8. The molecule has 7 nitrogen and oxygen atoms in total. The Kier molecular flexibility index (Phi) is 6.30. The van der Waals surface area contributed by atoms with Gasteiger partial charge in [-0.05, 0) is 23.7 Å². The van der Waals surface area contributed by atoms with Crippen molar-refractivity contribution in [3.63, 3.8) is 0 Å². The average Bonchev–Trinajstić information content (AvgIpc) is 3.42. The molecule has 0 saturated heterocycles. The van der Waals surface area contributed by atoms with E-state index in [1.54, 1.807) is 6.20 Å². The van der Waals surface area contributed by atoms with Crippen molar-refractivity contribution in [3.8, 4) is 0 Å². The number of alkyl halides is 3. The first-order valence-electron chi connectivity index (χ1n) is 10.1. The quantitative estimate of drug-likeness (QED) is 0.386. The first-order chi connectivity index (χ1) is 16.0. The van der Waals surface area contributed by atoms with Gasteiger partial charge in [-0.3, -0.25) is 18.7 Å². The summed E-state index contributed by atoms with van der Waals surface area (Å²) in [5.41, 5.74) is -2.79. The molecule has 0 bridgehead atoms. The lowest BCUT2D eigenvalue weighted by Crippen LogP contribution is -2.38. The van der Waals surface area contributed by atoms with Crippen molar-refractivity contribution in [2.24, 2.45) is 13.0 Å². The van der Waals surface area contributed by atoms with Crippen LogP contribution < -0.4 is 11.2 Å². The van der Waals surface area contributed by atoms with Crippen LogP contribution in [0.25, 0.3) is 10.2 Å². The molecule has 1 N–H and O–H groups in total. The van der Waals surface area contributed by atoms with Crippen LogP contribution >= 0.6 is 23.1 Å². The molecule has 4 rings (SSSR count). The maximum atomic E-state index is 13.6. The van der Waals surface area contributed by atoms with E-state index in [1.165, 1.54) is 29.9 Å². The van der Waals surface area contributed by atoms with E-state index in [2.05, 4.69) is 9.97 Å². The molecule has 0 fully saturated rings. The van der Waals surface area contributed by atoms with E-state index in [9.17, 15) is 27.6 Å². The number of carbonyl (C=O) groups is 1. The maximum absolute atomic E-state index is 13.6. The van der Waals surface area contributed by atoms with Gasteiger partial charge in [-0.25, -0.2) is 9.78 Å². The average molecular weight is 509 g/mol. The second-order valence-electron chi connectivity index (χ2n) is 7.96. The lowest BCUT2D eigenvalue weighted by atomic mass is 10.0. The molecule has 0 saturated carbocycles. The van der Waals surface area contributed by atoms with E-state index >= 15 is 0 Å². The topological polar surface area (TPSA) is 89.8 Å². The van der Waals surface area contributed by atoms with E-state index in [4.69, 9.17) is 0 Å². The number of imidazole rings is 1. The highest BCUT2D eigenvalue weighted by Gasteiger charge is 2.36. The van der Waals surface area contributed by atoms with Crippen LogP contribution in [-0.4, -0.2) is 24.9 Å². The van der Waals surface area contributed by atoms with Gasteiger partial charge in [-0.2, -0.15) is 13.2 Å².